The van der Waals surface area contributed by atoms with E-state index in [4.69, 9.17) is 0 Å². The second kappa shape index (κ2) is 4.41. The van der Waals surface area contributed by atoms with Gasteiger partial charge in [0.2, 0.25) is 6.23 Å². The summed E-state index contributed by atoms with van der Waals surface area (Å²) in [6.07, 6.45) is -1.52. The Bertz CT molecular complexity index is 513. The fourth-order valence-corrected chi connectivity index (χ4v) is 1.57. The van der Waals surface area contributed by atoms with Gasteiger partial charge < -0.3 is 5.11 Å². The van der Waals surface area contributed by atoms with Gasteiger partial charge in [0.15, 0.2) is 0 Å². The maximum atomic E-state index is 11.3. The minimum absolute atomic E-state index is 0.00324. The molecule has 2 N–H and O–H groups in total. The van der Waals surface area contributed by atoms with Crippen LogP contribution in [0.1, 0.15) is 5.56 Å². The highest BCUT2D eigenvalue weighted by Gasteiger charge is 2.36. The van der Waals surface area contributed by atoms with Crippen molar-refractivity contribution in [2.24, 2.45) is 0 Å². The van der Waals surface area contributed by atoms with E-state index in [-0.39, 0.29) is 12.2 Å². The first kappa shape index (κ1) is 12.0. The molecule has 3 amide bonds. The van der Waals surface area contributed by atoms with Crippen molar-refractivity contribution in [3.05, 3.63) is 39.9 Å². The molecular formula is C10H9N3O5. The summed E-state index contributed by atoms with van der Waals surface area (Å²) in [5.41, 5.74) is 0.505. The van der Waals surface area contributed by atoms with Gasteiger partial charge in [-0.25, -0.2) is 4.79 Å². The van der Waals surface area contributed by atoms with Crippen LogP contribution < -0.4 is 5.32 Å². The number of carbonyl (C=O) groups excluding carboxylic acids is 2. The maximum Gasteiger partial charge on any atom is 0.326 e. The first-order valence-electron chi connectivity index (χ1n) is 5.02. The molecular weight excluding hydrogens is 242 g/mol. The number of carbonyl (C=O) groups is 2. The zero-order valence-electron chi connectivity index (χ0n) is 9.07. The summed E-state index contributed by atoms with van der Waals surface area (Å²) in [6, 6.07) is 4.81. The molecule has 0 saturated carbocycles. The van der Waals surface area contributed by atoms with Gasteiger partial charge in [-0.2, -0.15) is 0 Å². The van der Waals surface area contributed by atoms with E-state index in [0.29, 0.717) is 5.56 Å². The van der Waals surface area contributed by atoms with E-state index in [1.165, 1.54) is 24.3 Å². The molecule has 1 aromatic rings. The lowest BCUT2D eigenvalue weighted by molar-refractivity contribution is -0.384. The molecule has 0 bridgehead atoms. The van der Waals surface area contributed by atoms with Crippen molar-refractivity contribution in [1.82, 2.24) is 10.2 Å². The SMILES string of the molecule is O=C1NC(=O)N(Cc2ccc([N+](=O)[O-])cc2)C1O. The number of hydrogen-bond acceptors (Lipinski definition) is 5. The van der Waals surface area contributed by atoms with Crippen molar-refractivity contribution in [2.75, 3.05) is 0 Å². The quantitative estimate of drug-likeness (QED) is 0.444. The first-order valence-corrected chi connectivity index (χ1v) is 5.02. The van der Waals surface area contributed by atoms with Crippen LogP contribution in [-0.2, 0) is 11.3 Å². The third-order valence-electron chi connectivity index (χ3n) is 2.52. The smallest absolute Gasteiger partial charge is 0.326 e. The molecule has 8 nitrogen and oxygen atoms in total. The highest BCUT2D eigenvalue weighted by Crippen LogP contribution is 2.16. The zero-order valence-corrected chi connectivity index (χ0v) is 9.07. The van der Waals surface area contributed by atoms with Crippen LogP contribution in [0.5, 0.6) is 0 Å². The van der Waals surface area contributed by atoms with E-state index in [2.05, 4.69) is 0 Å². The van der Waals surface area contributed by atoms with E-state index >= 15 is 0 Å². The normalized spacial score (nSPS) is 18.9. The minimum atomic E-state index is -1.52. The van der Waals surface area contributed by atoms with Gasteiger partial charge in [0.25, 0.3) is 11.6 Å². The van der Waals surface area contributed by atoms with Crippen molar-refractivity contribution in [1.29, 1.82) is 0 Å². The number of nitro benzene ring substituents is 1. The summed E-state index contributed by atoms with van der Waals surface area (Å²) in [6.45, 7) is -0.00324. The molecule has 94 valence electrons. The number of hydrogen-bond donors (Lipinski definition) is 2. The largest absolute Gasteiger partial charge is 0.365 e. The molecule has 1 heterocycles. The number of urea groups is 1. The topological polar surface area (TPSA) is 113 Å². The van der Waals surface area contributed by atoms with Crippen LogP contribution in [0.4, 0.5) is 10.5 Å². The van der Waals surface area contributed by atoms with Gasteiger partial charge in [-0.1, -0.05) is 12.1 Å². The summed E-state index contributed by atoms with van der Waals surface area (Å²) in [5.74, 6) is -0.776. The van der Waals surface area contributed by atoms with Gasteiger partial charge in [0, 0.05) is 12.1 Å². The van der Waals surface area contributed by atoms with E-state index in [1.54, 1.807) is 0 Å². The monoisotopic (exact) mass is 251 g/mol. The lowest BCUT2D eigenvalue weighted by Gasteiger charge is -2.16. The number of amides is 3. The van der Waals surface area contributed by atoms with Crippen LogP contribution in [0.15, 0.2) is 24.3 Å². The van der Waals surface area contributed by atoms with Crippen LogP contribution in [0.25, 0.3) is 0 Å². The van der Waals surface area contributed by atoms with E-state index < -0.39 is 23.1 Å². The van der Waals surface area contributed by atoms with Gasteiger partial charge >= 0.3 is 6.03 Å². The van der Waals surface area contributed by atoms with Crippen molar-refractivity contribution >= 4 is 17.6 Å². The predicted molar refractivity (Wildman–Crippen MR) is 58.2 cm³/mol. The highest BCUT2D eigenvalue weighted by molar-refractivity contribution is 6.03. The molecule has 1 aromatic carbocycles. The molecule has 18 heavy (non-hydrogen) atoms. The third-order valence-corrected chi connectivity index (χ3v) is 2.52. The highest BCUT2D eigenvalue weighted by atomic mass is 16.6. The van der Waals surface area contributed by atoms with E-state index in [9.17, 15) is 24.8 Å². The van der Waals surface area contributed by atoms with Gasteiger partial charge in [-0.05, 0) is 5.56 Å². The molecule has 1 saturated heterocycles. The minimum Gasteiger partial charge on any atom is -0.365 e. The summed E-state index contributed by atoms with van der Waals surface area (Å²) in [5, 5.41) is 21.8. The molecule has 1 aliphatic rings. The lowest BCUT2D eigenvalue weighted by atomic mass is 10.2. The van der Waals surface area contributed by atoms with Gasteiger partial charge in [0.1, 0.15) is 0 Å². The molecule has 0 radical (unpaired) electrons. The Hall–Kier alpha value is -2.48. The van der Waals surface area contributed by atoms with E-state index in [1.807, 2.05) is 5.32 Å². The Kier molecular flexibility index (Phi) is 2.94. The average Bonchev–Trinajstić information content (AvgIpc) is 2.57. The average molecular weight is 251 g/mol. The number of benzene rings is 1. The number of nitrogens with one attached hydrogen (secondary N) is 1. The van der Waals surface area contributed by atoms with Crippen LogP contribution in [0.2, 0.25) is 0 Å². The molecule has 0 aromatic heterocycles. The predicted octanol–water partition coefficient (Wildman–Crippen LogP) is -0.0350. The molecule has 2 rings (SSSR count). The Balaban J connectivity index is 2.12. The third kappa shape index (κ3) is 2.13. The number of nitro groups is 1. The zero-order chi connectivity index (χ0) is 13.3. The van der Waals surface area contributed by atoms with Crippen molar-refractivity contribution in [3.63, 3.8) is 0 Å². The van der Waals surface area contributed by atoms with Crippen LogP contribution in [0.3, 0.4) is 0 Å². The van der Waals surface area contributed by atoms with E-state index in [0.717, 1.165) is 4.90 Å². The Morgan fingerprint density at radius 3 is 2.39 bits per heavy atom. The van der Waals surface area contributed by atoms with Crippen molar-refractivity contribution in [2.45, 2.75) is 12.8 Å². The molecule has 0 spiro atoms. The number of imide groups is 1. The Morgan fingerprint density at radius 1 is 1.33 bits per heavy atom. The first-order chi connectivity index (χ1) is 8.49. The summed E-state index contributed by atoms with van der Waals surface area (Å²) >= 11 is 0. The summed E-state index contributed by atoms with van der Waals surface area (Å²) in [4.78, 5) is 33.2. The maximum absolute atomic E-state index is 11.3. The number of aliphatic hydroxyl groups excluding tert-OH is 1. The molecule has 1 atom stereocenters. The molecule has 1 fully saturated rings. The molecule has 0 aliphatic carbocycles. The second-order valence-electron chi connectivity index (χ2n) is 3.72. The number of non-ortho nitro benzene ring substituents is 1. The van der Waals surface area contributed by atoms with Crippen molar-refractivity contribution < 1.29 is 19.6 Å². The molecule has 1 unspecified atom stereocenters. The summed E-state index contributed by atoms with van der Waals surface area (Å²) < 4.78 is 0. The van der Waals surface area contributed by atoms with Gasteiger partial charge in [0.05, 0.1) is 11.5 Å². The van der Waals surface area contributed by atoms with Gasteiger partial charge in [-0.3, -0.25) is 25.1 Å². The molecule has 1 aliphatic heterocycles. The second-order valence-corrected chi connectivity index (χ2v) is 3.72. The standard InChI is InChI=1S/C10H9N3O5/c14-8-9(15)12(10(16)11-8)5-6-1-3-7(4-2-6)13(17)18/h1-4,9,15H,5H2,(H,11,14,16). The number of rotatable bonds is 3. The number of aliphatic hydroxyl groups is 1. The fourth-order valence-electron chi connectivity index (χ4n) is 1.57. The van der Waals surface area contributed by atoms with Crippen LogP contribution in [-0.4, -0.2) is 33.1 Å². The number of nitrogens with zero attached hydrogens (tertiary/aromatic N) is 2. The van der Waals surface area contributed by atoms with Crippen LogP contribution in [0, 0.1) is 10.1 Å². The van der Waals surface area contributed by atoms with Crippen molar-refractivity contribution in [3.8, 4) is 0 Å². The molecule has 8 heteroatoms. The van der Waals surface area contributed by atoms with Crippen LogP contribution >= 0.6 is 0 Å². The Labute approximate surface area is 101 Å². The lowest BCUT2D eigenvalue weighted by Crippen LogP contribution is -2.34. The van der Waals surface area contributed by atoms with Gasteiger partial charge in [-0.15, -0.1) is 0 Å². The fraction of sp³-hybridized carbons (Fsp3) is 0.200. The summed E-state index contributed by atoms with van der Waals surface area (Å²) in [7, 11) is 0. The Morgan fingerprint density at radius 2 is 1.94 bits per heavy atom.